The molecule has 2 amide bonds. The highest BCUT2D eigenvalue weighted by Gasteiger charge is 2.13. The van der Waals surface area contributed by atoms with E-state index in [4.69, 9.17) is 28.9 Å². The van der Waals surface area contributed by atoms with Crippen molar-refractivity contribution in [2.75, 3.05) is 18.4 Å². The summed E-state index contributed by atoms with van der Waals surface area (Å²) in [7, 11) is 0. The number of primary amides is 1. The van der Waals surface area contributed by atoms with Gasteiger partial charge < -0.3 is 11.1 Å². The third-order valence-electron chi connectivity index (χ3n) is 3.76. The molecule has 3 N–H and O–H groups in total. The normalized spacial score (nSPS) is 10.8. The Bertz CT molecular complexity index is 779. The van der Waals surface area contributed by atoms with Crippen LogP contribution in [0.2, 0.25) is 10.0 Å². The number of halogens is 2. The zero-order valence-electron chi connectivity index (χ0n) is 14.5. The number of anilines is 1. The van der Waals surface area contributed by atoms with E-state index in [0.29, 0.717) is 27.8 Å². The molecule has 0 fully saturated rings. The summed E-state index contributed by atoms with van der Waals surface area (Å²) >= 11 is 12.0. The number of nitrogens with one attached hydrogen (secondary N) is 1. The van der Waals surface area contributed by atoms with Crippen molar-refractivity contribution in [3.8, 4) is 0 Å². The molecule has 0 aromatic heterocycles. The van der Waals surface area contributed by atoms with Gasteiger partial charge in [0, 0.05) is 17.1 Å². The minimum absolute atomic E-state index is 0.156. The van der Waals surface area contributed by atoms with Crippen molar-refractivity contribution in [1.29, 1.82) is 0 Å². The second kappa shape index (κ2) is 9.57. The summed E-state index contributed by atoms with van der Waals surface area (Å²) < 4.78 is 0. The predicted molar refractivity (Wildman–Crippen MR) is 106 cm³/mol. The van der Waals surface area contributed by atoms with Crippen molar-refractivity contribution < 1.29 is 9.59 Å². The molecule has 0 aliphatic carbocycles. The Hall–Kier alpha value is -2.08. The van der Waals surface area contributed by atoms with Crippen molar-refractivity contribution >= 4 is 40.7 Å². The van der Waals surface area contributed by atoms with Crippen LogP contribution in [-0.2, 0) is 11.3 Å². The number of nitrogens with two attached hydrogens (primary N) is 1. The van der Waals surface area contributed by atoms with Crippen LogP contribution in [-0.4, -0.2) is 29.8 Å². The van der Waals surface area contributed by atoms with Gasteiger partial charge in [-0.15, -0.1) is 0 Å². The first-order valence-corrected chi connectivity index (χ1v) is 9.00. The van der Waals surface area contributed by atoms with Gasteiger partial charge in [0.15, 0.2) is 0 Å². The maximum atomic E-state index is 12.4. The number of carbonyl (C=O) groups excluding carboxylic acids is 2. The first-order valence-electron chi connectivity index (χ1n) is 8.25. The van der Waals surface area contributed by atoms with Crippen LogP contribution < -0.4 is 11.1 Å². The maximum Gasteiger partial charge on any atom is 0.248 e. The van der Waals surface area contributed by atoms with Crippen LogP contribution in [0, 0.1) is 0 Å². The second-order valence-corrected chi connectivity index (χ2v) is 6.79. The fourth-order valence-electron chi connectivity index (χ4n) is 2.55. The summed E-state index contributed by atoms with van der Waals surface area (Å²) in [5.74, 6) is -0.613. The lowest BCUT2D eigenvalue weighted by atomic mass is 10.1. The Morgan fingerprint density at radius 1 is 1.12 bits per heavy atom. The van der Waals surface area contributed by atoms with Crippen LogP contribution in [0.1, 0.15) is 29.3 Å². The standard InChI is InChI=1S/C19H21Cl2N3O2/c1-2-9-24(11-13-3-5-14(6-4-13)19(22)26)12-18(25)23-17-8-7-15(20)10-16(17)21/h3-8,10H,2,9,11-12H2,1H3,(H2,22,26)(H,23,25). The van der Waals surface area contributed by atoms with E-state index in [2.05, 4.69) is 12.2 Å². The first-order chi connectivity index (χ1) is 12.4. The summed E-state index contributed by atoms with van der Waals surface area (Å²) in [6.45, 7) is 3.63. The van der Waals surface area contributed by atoms with Gasteiger partial charge >= 0.3 is 0 Å². The van der Waals surface area contributed by atoms with Crippen LogP contribution in [0.15, 0.2) is 42.5 Å². The van der Waals surface area contributed by atoms with Crippen molar-refractivity contribution in [2.45, 2.75) is 19.9 Å². The van der Waals surface area contributed by atoms with Crippen LogP contribution in [0.3, 0.4) is 0 Å². The smallest absolute Gasteiger partial charge is 0.248 e. The SMILES string of the molecule is CCCN(CC(=O)Nc1ccc(Cl)cc1Cl)Cc1ccc(C(N)=O)cc1. The highest BCUT2D eigenvalue weighted by atomic mass is 35.5. The first kappa shape index (κ1) is 20.2. The van der Waals surface area contributed by atoms with Gasteiger partial charge in [0.25, 0.3) is 0 Å². The van der Waals surface area contributed by atoms with Crippen LogP contribution >= 0.6 is 23.2 Å². The van der Waals surface area contributed by atoms with Gasteiger partial charge in [0.2, 0.25) is 11.8 Å². The number of hydrogen-bond donors (Lipinski definition) is 2. The second-order valence-electron chi connectivity index (χ2n) is 5.94. The lowest BCUT2D eigenvalue weighted by Gasteiger charge is -2.21. The fraction of sp³-hybridized carbons (Fsp3) is 0.263. The van der Waals surface area contributed by atoms with E-state index in [1.165, 1.54) is 0 Å². The van der Waals surface area contributed by atoms with Crippen molar-refractivity contribution in [3.05, 3.63) is 63.6 Å². The Morgan fingerprint density at radius 2 is 1.81 bits per heavy atom. The molecule has 0 saturated carbocycles. The molecule has 0 heterocycles. The Labute approximate surface area is 163 Å². The molecule has 0 saturated heterocycles. The minimum atomic E-state index is -0.457. The fourth-order valence-corrected chi connectivity index (χ4v) is 3.00. The average Bonchev–Trinajstić information content (AvgIpc) is 2.58. The quantitative estimate of drug-likeness (QED) is 0.712. The van der Waals surface area contributed by atoms with Gasteiger partial charge in [-0.1, -0.05) is 42.3 Å². The number of benzene rings is 2. The van der Waals surface area contributed by atoms with Crippen molar-refractivity contribution in [3.63, 3.8) is 0 Å². The van der Waals surface area contributed by atoms with Gasteiger partial charge in [-0.2, -0.15) is 0 Å². The third kappa shape index (κ3) is 6.02. The number of carbonyl (C=O) groups is 2. The topological polar surface area (TPSA) is 75.4 Å². The molecule has 0 spiro atoms. The molecule has 0 bridgehead atoms. The summed E-state index contributed by atoms with van der Waals surface area (Å²) in [6.07, 6.45) is 0.911. The number of nitrogens with zero attached hydrogens (tertiary/aromatic N) is 1. The summed E-state index contributed by atoms with van der Waals surface area (Å²) in [4.78, 5) is 25.5. The van der Waals surface area contributed by atoms with E-state index in [1.54, 1.807) is 30.3 Å². The highest BCUT2D eigenvalue weighted by Crippen LogP contribution is 2.25. The van der Waals surface area contributed by atoms with Gasteiger partial charge in [0.1, 0.15) is 0 Å². The molecule has 0 unspecified atom stereocenters. The Balaban J connectivity index is 2.00. The molecule has 138 valence electrons. The lowest BCUT2D eigenvalue weighted by Crippen LogP contribution is -2.33. The molecule has 2 rings (SSSR count). The zero-order chi connectivity index (χ0) is 19.1. The van der Waals surface area contributed by atoms with Crippen LogP contribution in [0.5, 0.6) is 0 Å². The molecule has 7 heteroatoms. The van der Waals surface area contributed by atoms with E-state index < -0.39 is 5.91 Å². The van der Waals surface area contributed by atoms with Gasteiger partial charge in [-0.25, -0.2) is 0 Å². The Kier molecular flexibility index (Phi) is 7.45. The average molecular weight is 394 g/mol. The minimum Gasteiger partial charge on any atom is -0.366 e. The van der Waals surface area contributed by atoms with Crippen molar-refractivity contribution in [2.24, 2.45) is 5.73 Å². The molecule has 0 aliphatic rings. The van der Waals surface area contributed by atoms with Gasteiger partial charge in [-0.05, 0) is 48.9 Å². The number of rotatable bonds is 8. The maximum absolute atomic E-state index is 12.4. The molecule has 0 radical (unpaired) electrons. The molecule has 0 atom stereocenters. The number of amides is 2. The van der Waals surface area contributed by atoms with Gasteiger partial charge in [-0.3, -0.25) is 14.5 Å². The summed E-state index contributed by atoms with van der Waals surface area (Å²) in [5, 5.41) is 3.72. The highest BCUT2D eigenvalue weighted by molar-refractivity contribution is 6.36. The van der Waals surface area contributed by atoms with E-state index >= 15 is 0 Å². The summed E-state index contributed by atoms with van der Waals surface area (Å²) in [6, 6.07) is 12.0. The van der Waals surface area contributed by atoms with E-state index in [9.17, 15) is 9.59 Å². The monoisotopic (exact) mass is 393 g/mol. The molecular formula is C19H21Cl2N3O2. The molecule has 2 aromatic carbocycles. The molecule has 5 nitrogen and oxygen atoms in total. The summed E-state index contributed by atoms with van der Waals surface area (Å²) in [5.41, 5.74) is 7.25. The molecule has 0 aliphatic heterocycles. The predicted octanol–water partition coefficient (Wildman–Crippen LogP) is 3.94. The van der Waals surface area contributed by atoms with Crippen LogP contribution in [0.4, 0.5) is 5.69 Å². The molecule has 26 heavy (non-hydrogen) atoms. The Morgan fingerprint density at radius 3 is 2.38 bits per heavy atom. The van der Waals surface area contributed by atoms with E-state index in [1.807, 2.05) is 17.0 Å². The zero-order valence-corrected chi connectivity index (χ0v) is 16.0. The molecule has 2 aromatic rings. The van der Waals surface area contributed by atoms with Crippen LogP contribution in [0.25, 0.3) is 0 Å². The largest absolute Gasteiger partial charge is 0.366 e. The van der Waals surface area contributed by atoms with E-state index in [0.717, 1.165) is 18.5 Å². The van der Waals surface area contributed by atoms with Crippen molar-refractivity contribution in [1.82, 2.24) is 4.90 Å². The lowest BCUT2D eigenvalue weighted by molar-refractivity contribution is -0.117. The third-order valence-corrected chi connectivity index (χ3v) is 4.30. The number of hydrogen-bond acceptors (Lipinski definition) is 3. The molecular weight excluding hydrogens is 373 g/mol. The van der Waals surface area contributed by atoms with Gasteiger partial charge in [0.05, 0.1) is 17.3 Å². The van der Waals surface area contributed by atoms with E-state index in [-0.39, 0.29) is 12.5 Å².